The van der Waals surface area contributed by atoms with Crippen LogP contribution in [0.2, 0.25) is 0 Å². The van der Waals surface area contributed by atoms with Crippen molar-refractivity contribution in [2.24, 2.45) is 0 Å². The number of thioether (sulfide) groups is 1. The molecule has 0 N–H and O–H groups in total. The molecule has 1 aromatic rings. The van der Waals surface area contributed by atoms with Gasteiger partial charge in [-0.2, -0.15) is 0 Å². The van der Waals surface area contributed by atoms with Gasteiger partial charge in [0.15, 0.2) is 5.78 Å². The highest BCUT2D eigenvalue weighted by Crippen LogP contribution is 2.24. The molecule has 1 aromatic carbocycles. The second-order valence-electron chi connectivity index (χ2n) is 2.96. The van der Waals surface area contributed by atoms with Crippen molar-refractivity contribution in [2.45, 2.75) is 11.3 Å². The molecule has 1 aliphatic rings. The SMILES string of the molecule is O=C(CSc1ccccc1)C1=CC1. The fourth-order valence-electron chi connectivity index (χ4n) is 1.04. The molecule has 0 atom stereocenters. The van der Waals surface area contributed by atoms with Crippen LogP contribution in [-0.2, 0) is 4.79 Å². The summed E-state index contributed by atoms with van der Waals surface area (Å²) in [6.45, 7) is 0. The van der Waals surface area contributed by atoms with Gasteiger partial charge < -0.3 is 0 Å². The molecule has 0 saturated carbocycles. The average Bonchev–Trinajstić information content (AvgIpc) is 2.99. The van der Waals surface area contributed by atoms with Crippen LogP contribution >= 0.6 is 11.8 Å². The molecule has 0 heterocycles. The molecule has 66 valence electrons. The van der Waals surface area contributed by atoms with Crippen molar-refractivity contribution >= 4 is 17.5 Å². The van der Waals surface area contributed by atoms with Crippen molar-refractivity contribution in [1.82, 2.24) is 0 Å². The number of allylic oxidation sites excluding steroid dienone is 2. The zero-order chi connectivity index (χ0) is 9.10. The Labute approximate surface area is 81.8 Å². The molecule has 2 heteroatoms. The summed E-state index contributed by atoms with van der Waals surface area (Å²) in [5.74, 6) is 0.865. The van der Waals surface area contributed by atoms with E-state index in [-0.39, 0.29) is 5.78 Å². The number of benzene rings is 1. The fourth-order valence-corrected chi connectivity index (χ4v) is 1.87. The van der Waals surface area contributed by atoms with E-state index < -0.39 is 0 Å². The molecule has 0 spiro atoms. The first-order valence-electron chi connectivity index (χ1n) is 4.26. The van der Waals surface area contributed by atoms with Crippen LogP contribution < -0.4 is 0 Å². The maximum atomic E-state index is 11.3. The Bertz CT molecular complexity index is 340. The molecule has 2 rings (SSSR count). The van der Waals surface area contributed by atoms with Crippen LogP contribution in [0.1, 0.15) is 6.42 Å². The van der Waals surface area contributed by atoms with Crippen molar-refractivity contribution in [3.05, 3.63) is 42.0 Å². The topological polar surface area (TPSA) is 17.1 Å². The Kier molecular flexibility index (Phi) is 2.50. The lowest BCUT2D eigenvalue weighted by Gasteiger charge is -1.97. The lowest BCUT2D eigenvalue weighted by molar-refractivity contribution is -0.112. The van der Waals surface area contributed by atoms with E-state index in [9.17, 15) is 4.79 Å². The van der Waals surface area contributed by atoms with Crippen LogP contribution in [0.15, 0.2) is 46.9 Å². The summed E-state index contributed by atoms with van der Waals surface area (Å²) in [5, 5.41) is 0. The molecule has 1 aliphatic carbocycles. The lowest BCUT2D eigenvalue weighted by Crippen LogP contribution is -1.97. The van der Waals surface area contributed by atoms with Gasteiger partial charge in [-0.15, -0.1) is 11.8 Å². The zero-order valence-corrected chi connectivity index (χ0v) is 8.01. The molecule has 0 saturated heterocycles. The van der Waals surface area contributed by atoms with Crippen molar-refractivity contribution in [3.8, 4) is 0 Å². The fraction of sp³-hybridized carbons (Fsp3) is 0.182. The van der Waals surface area contributed by atoms with Crippen LogP contribution in [0.25, 0.3) is 0 Å². The molecular formula is C11H10OS. The van der Waals surface area contributed by atoms with E-state index in [0.717, 1.165) is 16.9 Å². The molecule has 0 radical (unpaired) electrons. The van der Waals surface area contributed by atoms with Gasteiger partial charge >= 0.3 is 0 Å². The van der Waals surface area contributed by atoms with Crippen LogP contribution in [0.5, 0.6) is 0 Å². The van der Waals surface area contributed by atoms with Crippen molar-refractivity contribution in [2.75, 3.05) is 5.75 Å². The van der Waals surface area contributed by atoms with E-state index in [2.05, 4.69) is 0 Å². The predicted molar refractivity (Wildman–Crippen MR) is 54.9 cm³/mol. The molecule has 1 nitrogen and oxygen atoms in total. The van der Waals surface area contributed by atoms with Gasteiger partial charge in [-0.1, -0.05) is 24.3 Å². The van der Waals surface area contributed by atoms with Gasteiger partial charge in [-0.05, 0) is 24.1 Å². The van der Waals surface area contributed by atoms with Crippen molar-refractivity contribution < 1.29 is 4.79 Å². The number of hydrogen-bond donors (Lipinski definition) is 0. The summed E-state index contributed by atoms with van der Waals surface area (Å²) in [7, 11) is 0. The van der Waals surface area contributed by atoms with Crippen LogP contribution in [-0.4, -0.2) is 11.5 Å². The highest BCUT2D eigenvalue weighted by atomic mass is 32.2. The van der Waals surface area contributed by atoms with Gasteiger partial charge in [0.1, 0.15) is 0 Å². The molecular weight excluding hydrogens is 180 g/mol. The molecule has 0 aromatic heterocycles. The first kappa shape index (κ1) is 8.57. The first-order valence-corrected chi connectivity index (χ1v) is 5.25. The second-order valence-corrected chi connectivity index (χ2v) is 4.01. The summed E-state index contributed by atoms with van der Waals surface area (Å²) in [4.78, 5) is 12.5. The van der Waals surface area contributed by atoms with Crippen LogP contribution in [0.3, 0.4) is 0 Å². The zero-order valence-electron chi connectivity index (χ0n) is 7.19. The Hall–Kier alpha value is -1.02. The minimum absolute atomic E-state index is 0.286. The number of ketones is 1. The highest BCUT2D eigenvalue weighted by molar-refractivity contribution is 8.00. The second kappa shape index (κ2) is 3.79. The third-order valence-corrected chi connectivity index (χ3v) is 2.89. The third kappa shape index (κ3) is 2.46. The predicted octanol–water partition coefficient (Wildman–Crippen LogP) is 2.68. The summed E-state index contributed by atoms with van der Waals surface area (Å²) >= 11 is 1.61. The number of carbonyl (C=O) groups excluding carboxylic acids is 1. The number of rotatable bonds is 4. The molecule has 0 aliphatic heterocycles. The maximum Gasteiger partial charge on any atom is 0.169 e. The first-order chi connectivity index (χ1) is 6.36. The number of carbonyl (C=O) groups is 1. The van der Waals surface area contributed by atoms with Crippen molar-refractivity contribution in [1.29, 1.82) is 0 Å². The maximum absolute atomic E-state index is 11.3. The van der Waals surface area contributed by atoms with Gasteiger partial charge in [0.2, 0.25) is 0 Å². The molecule has 0 amide bonds. The van der Waals surface area contributed by atoms with Gasteiger partial charge in [0.05, 0.1) is 5.75 Å². The summed E-state index contributed by atoms with van der Waals surface area (Å²) in [6.07, 6.45) is 2.89. The van der Waals surface area contributed by atoms with Gasteiger partial charge in [0, 0.05) is 4.90 Å². The van der Waals surface area contributed by atoms with Crippen LogP contribution in [0, 0.1) is 0 Å². The average molecular weight is 190 g/mol. The third-order valence-electron chi connectivity index (χ3n) is 1.88. The summed E-state index contributed by atoms with van der Waals surface area (Å²) in [5.41, 5.74) is 1.00. The van der Waals surface area contributed by atoms with E-state index in [4.69, 9.17) is 0 Å². The smallest absolute Gasteiger partial charge is 0.169 e. The molecule has 0 unspecified atom stereocenters. The number of Topliss-reactive ketones (excluding diaryl/α,β-unsaturated/α-hetero) is 1. The summed E-state index contributed by atoms with van der Waals surface area (Å²) < 4.78 is 0. The van der Waals surface area contributed by atoms with E-state index in [1.807, 2.05) is 36.4 Å². The van der Waals surface area contributed by atoms with E-state index >= 15 is 0 Å². The van der Waals surface area contributed by atoms with E-state index in [1.54, 1.807) is 11.8 Å². The molecule has 0 fully saturated rings. The number of hydrogen-bond acceptors (Lipinski definition) is 2. The quantitative estimate of drug-likeness (QED) is 0.679. The Balaban J connectivity index is 1.85. The standard InChI is InChI=1S/C11H10OS/c12-11(9-6-7-9)8-13-10-4-2-1-3-5-10/h1-6H,7-8H2. The molecule has 0 bridgehead atoms. The Morgan fingerprint density at radius 1 is 1.31 bits per heavy atom. The van der Waals surface area contributed by atoms with Gasteiger partial charge in [-0.25, -0.2) is 0 Å². The summed E-state index contributed by atoms with van der Waals surface area (Å²) in [6, 6.07) is 10.0. The van der Waals surface area contributed by atoms with Gasteiger partial charge in [-0.3, -0.25) is 4.79 Å². The van der Waals surface area contributed by atoms with E-state index in [0.29, 0.717) is 5.75 Å². The van der Waals surface area contributed by atoms with E-state index in [1.165, 1.54) is 0 Å². The minimum Gasteiger partial charge on any atom is -0.294 e. The highest BCUT2D eigenvalue weighted by Gasteiger charge is 2.16. The minimum atomic E-state index is 0.286. The largest absolute Gasteiger partial charge is 0.294 e. The van der Waals surface area contributed by atoms with Crippen molar-refractivity contribution in [3.63, 3.8) is 0 Å². The van der Waals surface area contributed by atoms with Gasteiger partial charge in [0.25, 0.3) is 0 Å². The normalized spacial score (nSPS) is 13.7. The Morgan fingerprint density at radius 2 is 2.00 bits per heavy atom. The lowest BCUT2D eigenvalue weighted by atomic mass is 10.3. The molecule has 13 heavy (non-hydrogen) atoms. The Morgan fingerprint density at radius 3 is 2.62 bits per heavy atom. The van der Waals surface area contributed by atoms with Crippen LogP contribution in [0.4, 0.5) is 0 Å². The monoisotopic (exact) mass is 190 g/mol.